The lowest BCUT2D eigenvalue weighted by molar-refractivity contribution is 0.0572. The predicted octanol–water partition coefficient (Wildman–Crippen LogP) is 2.18. The lowest BCUT2D eigenvalue weighted by Crippen LogP contribution is -2.30. The minimum Gasteiger partial charge on any atom is -0.389 e. The van der Waals surface area contributed by atoms with Crippen LogP contribution in [0.1, 0.15) is 42.2 Å². The third-order valence-electron chi connectivity index (χ3n) is 6.16. The zero-order valence-electron chi connectivity index (χ0n) is 19.0. The normalized spacial score (nSPS) is 17.9. The number of hydrogen-bond donors (Lipinski definition) is 3. The van der Waals surface area contributed by atoms with Gasteiger partial charge in [0, 0.05) is 18.8 Å². The maximum Gasteiger partial charge on any atom is 0.254 e. The van der Waals surface area contributed by atoms with Crippen LogP contribution in [0.4, 0.5) is 19.0 Å². The number of primary amides is 1. The smallest absolute Gasteiger partial charge is 0.254 e. The fourth-order valence-corrected chi connectivity index (χ4v) is 4.45. The van der Waals surface area contributed by atoms with Gasteiger partial charge >= 0.3 is 0 Å². The Balaban J connectivity index is 2.12. The van der Waals surface area contributed by atoms with Crippen LogP contribution in [0, 0.1) is 17.5 Å². The molecule has 0 spiro atoms. The molecule has 3 aromatic rings. The number of para-hydroxylation sites is 1. The molecule has 35 heavy (non-hydrogen) atoms. The van der Waals surface area contributed by atoms with Crippen LogP contribution in [-0.2, 0) is 6.42 Å². The van der Waals surface area contributed by atoms with Crippen LogP contribution >= 0.6 is 0 Å². The summed E-state index contributed by atoms with van der Waals surface area (Å²) in [7, 11) is 0. The van der Waals surface area contributed by atoms with Gasteiger partial charge in [-0.15, -0.1) is 0 Å². The molecular weight excluding hydrogens is 465 g/mol. The zero-order valence-corrected chi connectivity index (χ0v) is 19.0. The number of carbonyl (C=O) groups excluding carboxylic acids is 1. The van der Waals surface area contributed by atoms with E-state index in [-0.39, 0.29) is 42.1 Å². The zero-order chi connectivity index (χ0) is 25.4. The molecule has 11 heteroatoms. The van der Waals surface area contributed by atoms with E-state index in [4.69, 9.17) is 5.73 Å². The Morgan fingerprint density at radius 1 is 1.11 bits per heavy atom. The third-order valence-corrected chi connectivity index (χ3v) is 6.16. The van der Waals surface area contributed by atoms with Crippen LogP contribution in [0.2, 0.25) is 0 Å². The van der Waals surface area contributed by atoms with E-state index < -0.39 is 52.2 Å². The molecule has 1 aliphatic heterocycles. The molecule has 2 aromatic heterocycles. The van der Waals surface area contributed by atoms with Gasteiger partial charge in [-0.3, -0.25) is 14.2 Å². The number of carbonyl (C=O) groups is 1. The second-order valence-corrected chi connectivity index (χ2v) is 8.58. The number of halogens is 3. The van der Waals surface area contributed by atoms with Crippen molar-refractivity contribution in [2.45, 2.75) is 44.8 Å². The first-order valence-corrected chi connectivity index (χ1v) is 11.3. The Kier molecular flexibility index (Phi) is 6.82. The second-order valence-electron chi connectivity index (χ2n) is 8.58. The molecule has 1 fully saturated rings. The van der Waals surface area contributed by atoms with E-state index >= 15 is 13.2 Å². The number of aromatic nitrogens is 2. The quantitative estimate of drug-likeness (QED) is 0.437. The van der Waals surface area contributed by atoms with Gasteiger partial charge < -0.3 is 20.8 Å². The van der Waals surface area contributed by atoms with Crippen LogP contribution in [0.15, 0.2) is 29.1 Å². The number of nitrogens with zero attached hydrogens (tertiary/aromatic N) is 3. The highest BCUT2D eigenvalue weighted by Gasteiger charge is 2.33. The van der Waals surface area contributed by atoms with Crippen molar-refractivity contribution in [2.75, 3.05) is 18.0 Å². The van der Waals surface area contributed by atoms with E-state index in [1.807, 2.05) is 6.92 Å². The Bertz CT molecular complexity index is 1330. The summed E-state index contributed by atoms with van der Waals surface area (Å²) in [6.45, 7) is 1.66. The van der Waals surface area contributed by atoms with Gasteiger partial charge in [0.1, 0.15) is 22.9 Å². The number of fused-ring (bicyclic) bond motifs is 1. The highest BCUT2D eigenvalue weighted by Crippen LogP contribution is 2.30. The molecule has 2 atom stereocenters. The fourth-order valence-electron chi connectivity index (χ4n) is 4.45. The largest absolute Gasteiger partial charge is 0.389 e. The van der Waals surface area contributed by atoms with Crippen molar-refractivity contribution in [1.29, 1.82) is 0 Å². The first kappa shape index (κ1) is 24.7. The molecule has 4 rings (SSSR count). The second kappa shape index (κ2) is 9.67. The van der Waals surface area contributed by atoms with Crippen molar-refractivity contribution >= 4 is 22.8 Å². The van der Waals surface area contributed by atoms with Gasteiger partial charge in [-0.25, -0.2) is 18.2 Å². The highest BCUT2D eigenvalue weighted by molar-refractivity contribution is 5.98. The Hall–Kier alpha value is -3.44. The van der Waals surface area contributed by atoms with Crippen LogP contribution in [0.5, 0.6) is 0 Å². The van der Waals surface area contributed by atoms with Crippen molar-refractivity contribution in [3.8, 4) is 5.69 Å². The first-order chi connectivity index (χ1) is 16.6. The molecule has 4 N–H and O–H groups in total. The SMILES string of the molecule is CCCCCc1c(C(N)=O)c(=O)c2cc(F)c(N3C[C@@H](O)[C@H](O)C3)nc2n1-c1c(F)cccc1F. The van der Waals surface area contributed by atoms with E-state index in [1.165, 1.54) is 4.90 Å². The van der Waals surface area contributed by atoms with Crippen molar-refractivity contribution in [1.82, 2.24) is 9.55 Å². The van der Waals surface area contributed by atoms with E-state index in [9.17, 15) is 19.8 Å². The third kappa shape index (κ3) is 4.37. The number of benzene rings is 1. The maximum atomic E-state index is 15.1. The molecule has 1 amide bonds. The molecule has 1 aliphatic rings. The monoisotopic (exact) mass is 490 g/mol. The van der Waals surface area contributed by atoms with Crippen LogP contribution < -0.4 is 16.1 Å². The van der Waals surface area contributed by atoms with Crippen LogP contribution in [0.3, 0.4) is 0 Å². The summed E-state index contributed by atoms with van der Waals surface area (Å²) in [4.78, 5) is 31.1. The van der Waals surface area contributed by atoms with E-state index in [2.05, 4.69) is 4.98 Å². The molecule has 0 saturated carbocycles. The summed E-state index contributed by atoms with van der Waals surface area (Å²) in [5, 5.41) is 19.4. The molecule has 186 valence electrons. The lowest BCUT2D eigenvalue weighted by Gasteiger charge is -2.22. The number of pyridine rings is 2. The van der Waals surface area contributed by atoms with E-state index in [0.29, 0.717) is 12.8 Å². The molecule has 3 heterocycles. The summed E-state index contributed by atoms with van der Waals surface area (Å²) >= 11 is 0. The fraction of sp³-hybridized carbons (Fsp3) is 0.375. The number of β-amino-alcohol motifs (C(OH)–C–C–N with tert-alkyl or cyclic N) is 2. The molecule has 0 aliphatic carbocycles. The van der Waals surface area contributed by atoms with E-state index in [1.54, 1.807) is 0 Å². The maximum absolute atomic E-state index is 15.1. The number of aliphatic hydroxyl groups excluding tert-OH is 2. The molecule has 0 radical (unpaired) electrons. The molecule has 0 unspecified atom stereocenters. The summed E-state index contributed by atoms with van der Waals surface area (Å²) in [6, 6.07) is 4.02. The van der Waals surface area contributed by atoms with Gasteiger partial charge in [0.05, 0.1) is 17.6 Å². The van der Waals surface area contributed by atoms with Crippen molar-refractivity contribution in [3.63, 3.8) is 0 Å². The average molecular weight is 490 g/mol. The minimum absolute atomic E-state index is 0.0287. The van der Waals surface area contributed by atoms with Crippen LogP contribution in [0.25, 0.3) is 16.7 Å². The average Bonchev–Trinajstić information content (AvgIpc) is 3.13. The van der Waals surface area contributed by atoms with E-state index in [0.717, 1.165) is 35.3 Å². The summed E-state index contributed by atoms with van der Waals surface area (Å²) in [5.74, 6) is -4.36. The number of unbranched alkanes of at least 4 members (excludes halogenated alkanes) is 2. The van der Waals surface area contributed by atoms with Gasteiger partial charge in [-0.05, 0) is 31.0 Å². The van der Waals surface area contributed by atoms with Crippen molar-refractivity contribution in [2.24, 2.45) is 5.73 Å². The Morgan fingerprint density at radius 3 is 2.31 bits per heavy atom. The molecule has 1 aromatic carbocycles. The van der Waals surface area contributed by atoms with Gasteiger partial charge in [0.25, 0.3) is 5.91 Å². The van der Waals surface area contributed by atoms with Gasteiger partial charge in [0.15, 0.2) is 17.3 Å². The number of nitrogens with two attached hydrogens (primary N) is 1. The predicted molar refractivity (Wildman–Crippen MR) is 123 cm³/mol. The standard InChI is InChI=1S/C24H25F3N4O4/c1-2-3-4-8-16-19(22(28)35)21(34)12-9-15(27)24(30-10-17(32)18(33)11-30)29-23(12)31(16)20-13(25)6-5-7-14(20)26/h5-7,9,17-18,32-33H,2-4,8,10-11H2,1H3,(H2,28,35)/t17-,18-/m1/s1. The Morgan fingerprint density at radius 2 is 1.74 bits per heavy atom. The van der Waals surface area contributed by atoms with Crippen molar-refractivity contribution in [3.05, 3.63) is 63.2 Å². The summed E-state index contributed by atoms with van der Waals surface area (Å²) in [6.07, 6.45) is -0.238. The highest BCUT2D eigenvalue weighted by atomic mass is 19.1. The molecule has 0 bridgehead atoms. The molecular formula is C24H25F3N4O4. The number of rotatable bonds is 7. The summed E-state index contributed by atoms with van der Waals surface area (Å²) < 4.78 is 46.1. The minimum atomic E-state index is -1.15. The Labute approximate surface area is 198 Å². The van der Waals surface area contributed by atoms with Gasteiger partial charge in [-0.2, -0.15) is 0 Å². The van der Waals surface area contributed by atoms with Crippen LogP contribution in [-0.4, -0.2) is 51.0 Å². The van der Waals surface area contributed by atoms with Gasteiger partial charge in [0.2, 0.25) is 5.43 Å². The first-order valence-electron chi connectivity index (χ1n) is 11.3. The number of aliphatic hydroxyl groups is 2. The van der Waals surface area contributed by atoms with Crippen molar-refractivity contribution < 1.29 is 28.2 Å². The summed E-state index contributed by atoms with van der Waals surface area (Å²) in [5.41, 5.74) is 3.24. The van der Waals surface area contributed by atoms with Gasteiger partial charge in [-0.1, -0.05) is 25.8 Å². The number of hydrogen-bond acceptors (Lipinski definition) is 6. The number of anilines is 1. The molecule has 8 nitrogen and oxygen atoms in total. The number of amides is 1. The lowest BCUT2D eigenvalue weighted by atomic mass is 10.0. The topological polar surface area (TPSA) is 122 Å². The molecule has 1 saturated heterocycles.